The lowest BCUT2D eigenvalue weighted by atomic mass is 10.0. The Morgan fingerprint density at radius 3 is 2.50 bits per heavy atom. The molecule has 0 spiro atoms. The van der Waals surface area contributed by atoms with Crippen LogP contribution in [0.4, 0.5) is 0 Å². The monoisotopic (exact) mass is 228 g/mol. The molecule has 16 heavy (non-hydrogen) atoms. The fourth-order valence-electron chi connectivity index (χ4n) is 1.50. The summed E-state index contributed by atoms with van der Waals surface area (Å²) in [5.41, 5.74) is 5.72. The Balaban J connectivity index is 4.03. The highest BCUT2D eigenvalue weighted by atomic mass is 16.2. The minimum atomic E-state index is -0.510. The van der Waals surface area contributed by atoms with Crippen LogP contribution in [0.5, 0.6) is 0 Å². The Morgan fingerprint density at radius 2 is 2.06 bits per heavy atom. The highest BCUT2D eigenvalue weighted by molar-refractivity contribution is 5.84. The second-order valence-corrected chi connectivity index (χ2v) is 4.63. The van der Waals surface area contributed by atoms with Gasteiger partial charge in [-0.05, 0) is 18.8 Å². The van der Waals surface area contributed by atoms with E-state index in [0.717, 1.165) is 19.1 Å². The Bertz CT molecular complexity index is 217. The zero-order valence-corrected chi connectivity index (χ0v) is 10.5. The van der Waals surface area contributed by atoms with Crippen molar-refractivity contribution in [2.75, 3.05) is 0 Å². The summed E-state index contributed by atoms with van der Waals surface area (Å²) in [5.74, 6) is 0.160. The molecule has 0 aromatic heterocycles. The molecule has 94 valence electrons. The van der Waals surface area contributed by atoms with Crippen molar-refractivity contribution in [1.29, 1.82) is 0 Å². The van der Waals surface area contributed by atoms with Crippen LogP contribution in [0.1, 0.15) is 46.5 Å². The molecule has 0 fully saturated rings. The minimum Gasteiger partial charge on any atom is -0.345 e. The van der Waals surface area contributed by atoms with Crippen LogP contribution in [0, 0.1) is 5.92 Å². The number of carbonyl (C=O) groups is 2. The van der Waals surface area contributed by atoms with E-state index in [1.165, 1.54) is 0 Å². The number of hydrogen-bond acceptors (Lipinski definition) is 3. The van der Waals surface area contributed by atoms with E-state index in [-0.39, 0.29) is 11.9 Å². The second-order valence-electron chi connectivity index (χ2n) is 4.63. The van der Waals surface area contributed by atoms with Gasteiger partial charge in [-0.1, -0.05) is 33.6 Å². The van der Waals surface area contributed by atoms with E-state index in [1.807, 2.05) is 20.8 Å². The first-order chi connectivity index (χ1) is 7.51. The highest BCUT2D eigenvalue weighted by Crippen LogP contribution is 2.04. The molecule has 0 bridgehead atoms. The van der Waals surface area contributed by atoms with E-state index < -0.39 is 6.04 Å². The van der Waals surface area contributed by atoms with Crippen LogP contribution in [-0.2, 0) is 9.59 Å². The number of nitrogens with two attached hydrogens (primary N) is 1. The van der Waals surface area contributed by atoms with Crippen LogP contribution < -0.4 is 11.1 Å². The molecule has 1 amide bonds. The molecular weight excluding hydrogens is 204 g/mol. The molecule has 2 unspecified atom stereocenters. The first-order valence-electron chi connectivity index (χ1n) is 6.02. The summed E-state index contributed by atoms with van der Waals surface area (Å²) >= 11 is 0. The second kappa shape index (κ2) is 8.28. The van der Waals surface area contributed by atoms with Gasteiger partial charge in [0.05, 0.1) is 12.1 Å². The van der Waals surface area contributed by atoms with Gasteiger partial charge in [0.15, 0.2) is 0 Å². The third-order valence-electron chi connectivity index (χ3n) is 2.42. The van der Waals surface area contributed by atoms with E-state index in [0.29, 0.717) is 18.8 Å². The molecule has 2 atom stereocenters. The summed E-state index contributed by atoms with van der Waals surface area (Å²) in [5, 5.41) is 2.67. The van der Waals surface area contributed by atoms with Crippen LogP contribution >= 0.6 is 0 Å². The molecule has 3 N–H and O–H groups in total. The maximum atomic E-state index is 11.6. The van der Waals surface area contributed by atoms with E-state index in [9.17, 15) is 9.59 Å². The van der Waals surface area contributed by atoms with E-state index in [4.69, 9.17) is 5.73 Å². The third-order valence-corrected chi connectivity index (χ3v) is 2.42. The number of amides is 1. The maximum absolute atomic E-state index is 11.6. The molecule has 0 saturated carbocycles. The van der Waals surface area contributed by atoms with Crippen molar-refractivity contribution < 1.29 is 9.59 Å². The predicted molar refractivity (Wildman–Crippen MR) is 65.0 cm³/mol. The molecule has 0 radical (unpaired) electrons. The van der Waals surface area contributed by atoms with Gasteiger partial charge in [0.1, 0.15) is 6.29 Å². The van der Waals surface area contributed by atoms with Crippen LogP contribution in [0.3, 0.4) is 0 Å². The summed E-state index contributed by atoms with van der Waals surface area (Å²) < 4.78 is 0. The predicted octanol–water partition coefficient (Wildman–Crippen LogP) is 1.23. The minimum absolute atomic E-state index is 0.220. The van der Waals surface area contributed by atoms with Crippen molar-refractivity contribution in [2.45, 2.75) is 58.5 Å². The lowest BCUT2D eigenvalue weighted by molar-refractivity contribution is -0.125. The maximum Gasteiger partial charge on any atom is 0.237 e. The molecule has 4 heteroatoms. The van der Waals surface area contributed by atoms with E-state index in [1.54, 1.807) is 0 Å². The molecule has 0 rings (SSSR count). The molecule has 0 aliphatic heterocycles. The summed E-state index contributed by atoms with van der Waals surface area (Å²) in [6.07, 6.45) is 4.07. The van der Waals surface area contributed by atoms with Gasteiger partial charge in [-0.25, -0.2) is 0 Å². The molecular formula is C12H24N2O2. The third kappa shape index (κ3) is 6.56. The van der Waals surface area contributed by atoms with Gasteiger partial charge < -0.3 is 15.8 Å². The Morgan fingerprint density at radius 1 is 1.44 bits per heavy atom. The molecule has 0 aliphatic rings. The van der Waals surface area contributed by atoms with Crippen molar-refractivity contribution in [3.8, 4) is 0 Å². The number of rotatable bonds is 8. The normalized spacial score (nSPS) is 14.6. The zero-order valence-electron chi connectivity index (χ0n) is 10.5. The van der Waals surface area contributed by atoms with Gasteiger partial charge in [0.25, 0.3) is 0 Å². The summed E-state index contributed by atoms with van der Waals surface area (Å²) in [7, 11) is 0. The Kier molecular flexibility index (Phi) is 7.81. The average molecular weight is 228 g/mol. The molecule has 4 nitrogen and oxygen atoms in total. The number of unbranched alkanes of at least 4 members (excludes halogenated alkanes) is 1. The summed E-state index contributed by atoms with van der Waals surface area (Å²) in [4.78, 5) is 22.4. The van der Waals surface area contributed by atoms with Crippen LogP contribution in [0.2, 0.25) is 0 Å². The van der Waals surface area contributed by atoms with Crippen molar-refractivity contribution in [3.05, 3.63) is 0 Å². The first kappa shape index (κ1) is 15.1. The smallest absolute Gasteiger partial charge is 0.237 e. The van der Waals surface area contributed by atoms with Gasteiger partial charge >= 0.3 is 0 Å². The van der Waals surface area contributed by atoms with Crippen molar-refractivity contribution in [1.82, 2.24) is 5.32 Å². The number of carbonyl (C=O) groups excluding carboxylic acids is 2. The number of nitrogens with one attached hydrogen (secondary N) is 1. The fraction of sp³-hybridized carbons (Fsp3) is 0.833. The largest absolute Gasteiger partial charge is 0.345 e. The van der Waals surface area contributed by atoms with Gasteiger partial charge in [0.2, 0.25) is 5.91 Å². The molecule has 0 aromatic carbocycles. The first-order valence-corrected chi connectivity index (χ1v) is 6.02. The summed E-state index contributed by atoms with van der Waals surface area (Å²) in [6, 6.07) is -0.894. The van der Waals surface area contributed by atoms with Gasteiger partial charge in [-0.3, -0.25) is 4.79 Å². The fourth-order valence-corrected chi connectivity index (χ4v) is 1.50. The van der Waals surface area contributed by atoms with Gasteiger partial charge in [0, 0.05) is 0 Å². The topological polar surface area (TPSA) is 72.2 Å². The quantitative estimate of drug-likeness (QED) is 0.614. The molecule has 0 saturated heterocycles. The van der Waals surface area contributed by atoms with Crippen LogP contribution in [0.25, 0.3) is 0 Å². The Labute approximate surface area is 98.0 Å². The lowest BCUT2D eigenvalue weighted by Crippen LogP contribution is -2.46. The van der Waals surface area contributed by atoms with Crippen LogP contribution in [-0.4, -0.2) is 24.3 Å². The zero-order chi connectivity index (χ0) is 12.6. The Hall–Kier alpha value is -0.900. The SMILES string of the molecule is CCCCC(C=O)NC(=O)C(N)CC(C)C. The summed E-state index contributed by atoms with van der Waals surface area (Å²) in [6.45, 7) is 6.08. The van der Waals surface area contributed by atoms with Gasteiger partial charge in [-0.2, -0.15) is 0 Å². The van der Waals surface area contributed by atoms with Crippen LogP contribution in [0.15, 0.2) is 0 Å². The van der Waals surface area contributed by atoms with Crippen molar-refractivity contribution in [2.24, 2.45) is 11.7 Å². The molecule has 0 heterocycles. The highest BCUT2D eigenvalue weighted by Gasteiger charge is 2.18. The lowest BCUT2D eigenvalue weighted by Gasteiger charge is -2.17. The van der Waals surface area contributed by atoms with E-state index in [2.05, 4.69) is 5.32 Å². The molecule has 0 aliphatic carbocycles. The van der Waals surface area contributed by atoms with Gasteiger partial charge in [-0.15, -0.1) is 0 Å². The molecule has 0 aromatic rings. The van der Waals surface area contributed by atoms with Crippen molar-refractivity contribution in [3.63, 3.8) is 0 Å². The number of aldehydes is 1. The van der Waals surface area contributed by atoms with E-state index >= 15 is 0 Å². The average Bonchev–Trinajstić information content (AvgIpc) is 2.22. The van der Waals surface area contributed by atoms with Crippen molar-refractivity contribution >= 4 is 12.2 Å². The number of hydrogen-bond donors (Lipinski definition) is 2. The standard InChI is InChI=1S/C12H24N2O2/c1-4-5-6-10(8-15)14-12(16)11(13)7-9(2)3/h8-11H,4-7,13H2,1-3H3,(H,14,16).